The highest BCUT2D eigenvalue weighted by molar-refractivity contribution is 5.93. The second kappa shape index (κ2) is 12.7. The van der Waals surface area contributed by atoms with Gasteiger partial charge in [0.1, 0.15) is 11.6 Å². The molecule has 10 nitrogen and oxygen atoms in total. The van der Waals surface area contributed by atoms with Crippen LogP contribution in [0.2, 0.25) is 0 Å². The standard InChI is InChI=1S/C32H26F2N4O6/c1-2-44-32(39)30-28(35-24-11-7-22(33)8-12-24)19-29(20-3-13-26(14-4-20)37(40)41)36(25-17-9-23(34)10-18-25)31(30)21-5-15-27(16-6-21)38(42)43/h3-18,29,31,35H,2,19H2,1H3. The minimum absolute atomic E-state index is 0.0570. The van der Waals surface area contributed by atoms with Crippen molar-refractivity contribution in [2.75, 3.05) is 16.8 Å². The summed E-state index contributed by atoms with van der Waals surface area (Å²) < 4.78 is 33.3. The number of esters is 1. The van der Waals surface area contributed by atoms with E-state index in [1.165, 1.54) is 72.8 Å². The Morgan fingerprint density at radius 1 is 0.818 bits per heavy atom. The summed E-state index contributed by atoms with van der Waals surface area (Å²) >= 11 is 0. The number of halogens is 2. The van der Waals surface area contributed by atoms with Crippen LogP contribution in [0.3, 0.4) is 0 Å². The van der Waals surface area contributed by atoms with E-state index in [0.29, 0.717) is 28.2 Å². The number of benzene rings is 4. The fraction of sp³-hybridized carbons (Fsp3) is 0.156. The number of nitro groups is 2. The molecule has 4 aromatic carbocycles. The molecule has 224 valence electrons. The smallest absolute Gasteiger partial charge is 0.338 e. The molecule has 2 unspecified atom stereocenters. The Bertz CT molecular complexity index is 1710. The van der Waals surface area contributed by atoms with Gasteiger partial charge in [-0.15, -0.1) is 0 Å². The van der Waals surface area contributed by atoms with Gasteiger partial charge in [0.15, 0.2) is 0 Å². The van der Waals surface area contributed by atoms with Gasteiger partial charge in [-0.1, -0.05) is 12.1 Å². The number of hydrogen-bond donors (Lipinski definition) is 1. The van der Waals surface area contributed by atoms with E-state index in [1.54, 1.807) is 31.2 Å². The second-order valence-corrected chi connectivity index (χ2v) is 9.95. The van der Waals surface area contributed by atoms with E-state index >= 15 is 0 Å². The molecule has 44 heavy (non-hydrogen) atoms. The molecule has 2 atom stereocenters. The molecule has 0 spiro atoms. The van der Waals surface area contributed by atoms with E-state index in [0.717, 1.165) is 0 Å². The summed E-state index contributed by atoms with van der Waals surface area (Å²) in [4.78, 5) is 37.4. The van der Waals surface area contributed by atoms with Crippen molar-refractivity contribution in [3.05, 3.63) is 151 Å². The quantitative estimate of drug-likeness (QED) is 0.120. The van der Waals surface area contributed by atoms with Crippen molar-refractivity contribution >= 4 is 28.7 Å². The van der Waals surface area contributed by atoms with Gasteiger partial charge in [-0.3, -0.25) is 20.2 Å². The summed E-state index contributed by atoms with van der Waals surface area (Å²) in [6, 6.07) is 21.4. The number of anilines is 2. The Hall–Kier alpha value is -5.65. The predicted molar refractivity (Wildman–Crippen MR) is 159 cm³/mol. The lowest BCUT2D eigenvalue weighted by Gasteiger charge is -2.45. The third-order valence-corrected chi connectivity index (χ3v) is 7.28. The maximum atomic E-state index is 14.1. The van der Waals surface area contributed by atoms with Crippen LogP contribution >= 0.6 is 0 Å². The highest BCUT2D eigenvalue weighted by Gasteiger charge is 2.42. The van der Waals surface area contributed by atoms with Crippen molar-refractivity contribution in [2.24, 2.45) is 0 Å². The molecule has 0 aliphatic carbocycles. The number of nitro benzene ring substituents is 2. The van der Waals surface area contributed by atoms with Crippen molar-refractivity contribution in [3.63, 3.8) is 0 Å². The Labute approximate surface area is 250 Å². The van der Waals surface area contributed by atoms with Crippen LogP contribution in [0.25, 0.3) is 0 Å². The first-order valence-corrected chi connectivity index (χ1v) is 13.6. The van der Waals surface area contributed by atoms with E-state index in [-0.39, 0.29) is 30.0 Å². The number of rotatable bonds is 9. The van der Waals surface area contributed by atoms with Gasteiger partial charge in [-0.25, -0.2) is 13.6 Å². The van der Waals surface area contributed by atoms with Gasteiger partial charge in [-0.2, -0.15) is 0 Å². The number of ether oxygens (including phenoxy) is 1. The number of non-ortho nitro benzene ring substituents is 2. The molecule has 0 saturated heterocycles. The van der Waals surface area contributed by atoms with Gasteiger partial charge in [-0.05, 0) is 78.7 Å². The number of nitrogens with zero attached hydrogens (tertiary/aromatic N) is 3. The second-order valence-electron chi connectivity index (χ2n) is 9.95. The van der Waals surface area contributed by atoms with Crippen molar-refractivity contribution in [1.82, 2.24) is 0 Å². The van der Waals surface area contributed by atoms with Crippen LogP contribution in [0.4, 0.5) is 31.5 Å². The highest BCUT2D eigenvalue weighted by Crippen LogP contribution is 2.48. The number of carbonyl (C=O) groups is 1. The van der Waals surface area contributed by atoms with E-state index < -0.39 is 39.5 Å². The number of nitrogens with one attached hydrogen (secondary N) is 1. The van der Waals surface area contributed by atoms with Crippen molar-refractivity contribution < 1.29 is 28.2 Å². The molecule has 1 heterocycles. The zero-order valence-electron chi connectivity index (χ0n) is 23.4. The maximum absolute atomic E-state index is 14.1. The van der Waals surface area contributed by atoms with Crippen LogP contribution in [-0.4, -0.2) is 22.4 Å². The van der Waals surface area contributed by atoms with E-state index in [9.17, 15) is 33.8 Å². The lowest BCUT2D eigenvalue weighted by Crippen LogP contribution is -2.41. The maximum Gasteiger partial charge on any atom is 0.338 e. The molecule has 4 aromatic rings. The Balaban J connectivity index is 1.78. The van der Waals surface area contributed by atoms with Crippen molar-refractivity contribution in [2.45, 2.75) is 25.4 Å². The largest absolute Gasteiger partial charge is 0.463 e. The Kier molecular flexibility index (Phi) is 8.61. The van der Waals surface area contributed by atoms with Gasteiger partial charge >= 0.3 is 5.97 Å². The molecule has 5 rings (SSSR count). The minimum atomic E-state index is -0.919. The summed E-state index contributed by atoms with van der Waals surface area (Å²) in [6.07, 6.45) is 0.157. The molecule has 12 heteroatoms. The zero-order chi connectivity index (χ0) is 31.4. The van der Waals surface area contributed by atoms with Crippen molar-refractivity contribution in [1.29, 1.82) is 0 Å². The minimum Gasteiger partial charge on any atom is -0.463 e. The summed E-state index contributed by atoms with van der Waals surface area (Å²) in [6.45, 7) is 1.72. The summed E-state index contributed by atoms with van der Waals surface area (Å²) in [7, 11) is 0. The first-order chi connectivity index (χ1) is 21.2. The molecule has 0 bridgehead atoms. The Morgan fingerprint density at radius 2 is 1.32 bits per heavy atom. The monoisotopic (exact) mass is 600 g/mol. The van der Waals surface area contributed by atoms with Gasteiger partial charge in [0.05, 0.1) is 34.1 Å². The van der Waals surface area contributed by atoms with Crippen LogP contribution in [0.15, 0.2) is 108 Å². The molecular formula is C32H26F2N4O6. The highest BCUT2D eigenvalue weighted by atomic mass is 19.1. The third kappa shape index (κ3) is 6.24. The van der Waals surface area contributed by atoms with Gasteiger partial charge in [0, 0.05) is 47.8 Å². The molecule has 0 saturated carbocycles. The molecule has 0 radical (unpaired) electrons. The number of carbonyl (C=O) groups excluding carboxylic acids is 1. The molecule has 0 amide bonds. The lowest BCUT2D eigenvalue weighted by atomic mass is 9.84. The normalized spacial score (nSPS) is 16.4. The average molecular weight is 601 g/mol. The third-order valence-electron chi connectivity index (χ3n) is 7.28. The molecule has 0 fully saturated rings. The lowest BCUT2D eigenvalue weighted by molar-refractivity contribution is -0.385. The first kappa shape index (κ1) is 29.8. The Morgan fingerprint density at radius 3 is 1.82 bits per heavy atom. The van der Waals surface area contributed by atoms with E-state index in [1.807, 2.05) is 4.90 Å². The first-order valence-electron chi connectivity index (χ1n) is 13.6. The van der Waals surface area contributed by atoms with Gasteiger partial charge in [0.2, 0.25) is 0 Å². The summed E-state index contributed by atoms with van der Waals surface area (Å²) in [5, 5.41) is 26.1. The average Bonchev–Trinajstić information content (AvgIpc) is 3.02. The zero-order valence-corrected chi connectivity index (χ0v) is 23.4. The summed E-state index contributed by atoms with van der Waals surface area (Å²) in [5.74, 6) is -1.59. The fourth-order valence-electron chi connectivity index (χ4n) is 5.30. The van der Waals surface area contributed by atoms with Crippen LogP contribution in [0.1, 0.15) is 36.6 Å². The molecule has 1 aliphatic heterocycles. The van der Waals surface area contributed by atoms with E-state index in [4.69, 9.17) is 4.74 Å². The predicted octanol–water partition coefficient (Wildman–Crippen LogP) is 7.40. The van der Waals surface area contributed by atoms with Crippen molar-refractivity contribution in [3.8, 4) is 0 Å². The van der Waals surface area contributed by atoms with E-state index in [2.05, 4.69) is 5.32 Å². The molecule has 1 aliphatic rings. The van der Waals surface area contributed by atoms with Crippen LogP contribution in [0.5, 0.6) is 0 Å². The molecule has 0 aromatic heterocycles. The fourth-order valence-corrected chi connectivity index (χ4v) is 5.30. The van der Waals surface area contributed by atoms with Gasteiger partial charge in [0.25, 0.3) is 11.4 Å². The molecule has 1 N–H and O–H groups in total. The van der Waals surface area contributed by atoms with Crippen LogP contribution in [-0.2, 0) is 9.53 Å². The van der Waals surface area contributed by atoms with Crippen LogP contribution < -0.4 is 10.2 Å². The van der Waals surface area contributed by atoms with Crippen LogP contribution in [0, 0.1) is 31.9 Å². The number of hydrogen-bond acceptors (Lipinski definition) is 8. The molecular weight excluding hydrogens is 574 g/mol. The van der Waals surface area contributed by atoms with Gasteiger partial charge < -0.3 is 15.0 Å². The topological polar surface area (TPSA) is 128 Å². The SMILES string of the molecule is CCOC(=O)C1=C(Nc2ccc(F)cc2)CC(c2ccc([N+](=O)[O-])cc2)N(c2ccc(F)cc2)C1c1ccc([N+](=O)[O-])cc1. The summed E-state index contributed by atoms with van der Waals surface area (Å²) in [5.41, 5.74) is 2.49.